The van der Waals surface area contributed by atoms with Crippen molar-refractivity contribution in [3.05, 3.63) is 35.4 Å². The molecule has 5 nitrogen and oxygen atoms in total. The SMILES string of the molecule is CN=C(NCCCOCC1CCCO1)NCc1ccccc1C. The topological polar surface area (TPSA) is 54.9 Å². The van der Waals surface area contributed by atoms with Crippen LogP contribution in [0.4, 0.5) is 0 Å². The third-order valence-corrected chi connectivity index (χ3v) is 4.02. The Morgan fingerprint density at radius 3 is 2.96 bits per heavy atom. The van der Waals surface area contributed by atoms with Crippen LogP contribution < -0.4 is 10.6 Å². The summed E-state index contributed by atoms with van der Waals surface area (Å²) in [5.41, 5.74) is 2.58. The summed E-state index contributed by atoms with van der Waals surface area (Å²) in [7, 11) is 1.79. The first-order chi connectivity index (χ1) is 11.3. The fourth-order valence-corrected chi connectivity index (χ4v) is 2.58. The molecular formula is C18H29N3O2. The lowest BCUT2D eigenvalue weighted by Crippen LogP contribution is -2.37. The predicted molar refractivity (Wildman–Crippen MR) is 93.8 cm³/mol. The van der Waals surface area contributed by atoms with Gasteiger partial charge in [-0.15, -0.1) is 0 Å². The van der Waals surface area contributed by atoms with Gasteiger partial charge in [0.25, 0.3) is 0 Å². The molecule has 2 rings (SSSR count). The van der Waals surface area contributed by atoms with Gasteiger partial charge in [0.1, 0.15) is 0 Å². The lowest BCUT2D eigenvalue weighted by molar-refractivity contribution is 0.0168. The molecule has 0 radical (unpaired) electrons. The number of rotatable bonds is 8. The van der Waals surface area contributed by atoms with Crippen molar-refractivity contribution in [2.75, 3.05) is 33.4 Å². The van der Waals surface area contributed by atoms with E-state index in [9.17, 15) is 0 Å². The van der Waals surface area contributed by atoms with Crippen LogP contribution >= 0.6 is 0 Å². The van der Waals surface area contributed by atoms with Gasteiger partial charge >= 0.3 is 0 Å². The summed E-state index contributed by atoms with van der Waals surface area (Å²) in [5, 5.41) is 6.66. The summed E-state index contributed by atoms with van der Waals surface area (Å²) >= 11 is 0. The Morgan fingerprint density at radius 2 is 2.22 bits per heavy atom. The first-order valence-electron chi connectivity index (χ1n) is 8.48. The Balaban J connectivity index is 1.55. The second kappa shape index (κ2) is 10.2. The minimum absolute atomic E-state index is 0.312. The maximum atomic E-state index is 5.65. The van der Waals surface area contributed by atoms with Crippen molar-refractivity contribution in [1.82, 2.24) is 10.6 Å². The van der Waals surface area contributed by atoms with Crippen LogP contribution in [0.3, 0.4) is 0 Å². The Hall–Kier alpha value is -1.59. The molecule has 0 bridgehead atoms. The molecule has 1 unspecified atom stereocenters. The van der Waals surface area contributed by atoms with E-state index in [0.717, 1.165) is 51.7 Å². The quantitative estimate of drug-likeness (QED) is 0.438. The molecule has 1 aromatic carbocycles. The highest BCUT2D eigenvalue weighted by Gasteiger charge is 2.14. The highest BCUT2D eigenvalue weighted by molar-refractivity contribution is 5.79. The normalized spacial score (nSPS) is 18.2. The van der Waals surface area contributed by atoms with E-state index in [-0.39, 0.29) is 0 Å². The predicted octanol–water partition coefficient (Wildman–Crippen LogP) is 2.25. The molecule has 1 fully saturated rings. The van der Waals surface area contributed by atoms with Gasteiger partial charge in [-0.25, -0.2) is 0 Å². The van der Waals surface area contributed by atoms with Crippen LogP contribution in [0.15, 0.2) is 29.3 Å². The zero-order valence-electron chi connectivity index (χ0n) is 14.3. The van der Waals surface area contributed by atoms with Crippen LogP contribution in [-0.4, -0.2) is 45.5 Å². The highest BCUT2D eigenvalue weighted by atomic mass is 16.5. The van der Waals surface area contributed by atoms with Crippen LogP contribution in [0, 0.1) is 6.92 Å². The third-order valence-electron chi connectivity index (χ3n) is 4.02. The van der Waals surface area contributed by atoms with Crippen LogP contribution in [0.1, 0.15) is 30.4 Å². The number of hydrogen-bond donors (Lipinski definition) is 2. The number of nitrogens with one attached hydrogen (secondary N) is 2. The largest absolute Gasteiger partial charge is 0.379 e. The molecule has 1 aliphatic rings. The number of aliphatic imine (C=N–C) groups is 1. The number of benzene rings is 1. The maximum absolute atomic E-state index is 5.65. The smallest absolute Gasteiger partial charge is 0.191 e. The van der Waals surface area contributed by atoms with Crippen LogP contribution in [0.2, 0.25) is 0 Å². The summed E-state index contributed by atoms with van der Waals surface area (Å²) in [6.45, 7) is 6.11. The molecule has 0 saturated carbocycles. The van der Waals surface area contributed by atoms with E-state index in [1.807, 2.05) is 0 Å². The summed E-state index contributed by atoms with van der Waals surface area (Å²) in [5.74, 6) is 0.826. The van der Waals surface area contributed by atoms with Crippen molar-refractivity contribution in [3.63, 3.8) is 0 Å². The van der Waals surface area contributed by atoms with Gasteiger partial charge < -0.3 is 20.1 Å². The fourth-order valence-electron chi connectivity index (χ4n) is 2.58. The molecule has 0 aliphatic carbocycles. The maximum Gasteiger partial charge on any atom is 0.191 e. The van der Waals surface area contributed by atoms with Gasteiger partial charge in [0.05, 0.1) is 12.7 Å². The molecular weight excluding hydrogens is 290 g/mol. The third kappa shape index (κ3) is 6.59. The van der Waals surface area contributed by atoms with Crippen molar-refractivity contribution in [2.45, 2.75) is 38.8 Å². The summed E-state index contributed by atoms with van der Waals surface area (Å²) in [6, 6.07) is 8.38. The molecule has 2 N–H and O–H groups in total. The van der Waals surface area contributed by atoms with Gasteiger partial charge in [0.2, 0.25) is 0 Å². The van der Waals surface area contributed by atoms with Crippen molar-refractivity contribution in [2.24, 2.45) is 4.99 Å². The molecule has 23 heavy (non-hydrogen) atoms. The molecule has 0 spiro atoms. The summed E-state index contributed by atoms with van der Waals surface area (Å²) in [6.07, 6.45) is 3.57. The van der Waals surface area contributed by atoms with Crippen LogP contribution in [0.5, 0.6) is 0 Å². The van der Waals surface area contributed by atoms with Gasteiger partial charge in [-0.05, 0) is 37.3 Å². The average molecular weight is 319 g/mol. The Morgan fingerprint density at radius 1 is 1.35 bits per heavy atom. The molecule has 128 valence electrons. The molecule has 0 aromatic heterocycles. The second-order valence-corrected chi connectivity index (χ2v) is 5.84. The van der Waals surface area contributed by atoms with E-state index >= 15 is 0 Å². The van der Waals surface area contributed by atoms with Crippen molar-refractivity contribution in [1.29, 1.82) is 0 Å². The zero-order chi connectivity index (χ0) is 16.3. The Bertz CT molecular complexity index is 485. The molecule has 1 heterocycles. The number of guanidine groups is 1. The molecule has 1 aromatic rings. The number of ether oxygens (including phenoxy) is 2. The van der Waals surface area contributed by atoms with Crippen molar-refractivity contribution in [3.8, 4) is 0 Å². The van der Waals surface area contributed by atoms with Gasteiger partial charge in [-0.2, -0.15) is 0 Å². The first-order valence-corrected chi connectivity index (χ1v) is 8.48. The van der Waals surface area contributed by atoms with Gasteiger partial charge in [0, 0.05) is 33.4 Å². The molecule has 5 heteroatoms. The van der Waals surface area contributed by atoms with E-state index < -0.39 is 0 Å². The first kappa shape index (κ1) is 17.8. The summed E-state index contributed by atoms with van der Waals surface area (Å²) < 4.78 is 11.2. The number of nitrogens with zero attached hydrogens (tertiary/aromatic N) is 1. The van der Waals surface area contributed by atoms with E-state index in [0.29, 0.717) is 6.10 Å². The molecule has 1 saturated heterocycles. The van der Waals surface area contributed by atoms with Gasteiger partial charge in [-0.1, -0.05) is 24.3 Å². The Labute approximate surface area is 139 Å². The standard InChI is InChI=1S/C18H29N3O2/c1-15-7-3-4-8-16(15)13-21-18(19-2)20-10-6-11-22-14-17-9-5-12-23-17/h3-4,7-8,17H,5-6,9-14H2,1-2H3,(H2,19,20,21). The minimum atomic E-state index is 0.312. The van der Waals surface area contributed by atoms with E-state index in [1.165, 1.54) is 17.5 Å². The van der Waals surface area contributed by atoms with E-state index in [4.69, 9.17) is 9.47 Å². The molecule has 1 aliphatic heterocycles. The van der Waals surface area contributed by atoms with Gasteiger partial charge in [0.15, 0.2) is 5.96 Å². The number of aryl methyl sites for hydroxylation is 1. The zero-order valence-corrected chi connectivity index (χ0v) is 14.3. The van der Waals surface area contributed by atoms with Crippen molar-refractivity contribution < 1.29 is 9.47 Å². The monoisotopic (exact) mass is 319 g/mol. The molecule has 1 atom stereocenters. The minimum Gasteiger partial charge on any atom is -0.379 e. The van der Waals surface area contributed by atoms with Crippen LogP contribution in [0.25, 0.3) is 0 Å². The second-order valence-electron chi connectivity index (χ2n) is 5.84. The van der Waals surface area contributed by atoms with E-state index in [1.54, 1.807) is 7.05 Å². The molecule has 0 amide bonds. The fraction of sp³-hybridized carbons (Fsp3) is 0.611. The lowest BCUT2D eigenvalue weighted by atomic mass is 10.1. The van der Waals surface area contributed by atoms with Gasteiger partial charge in [-0.3, -0.25) is 4.99 Å². The lowest BCUT2D eigenvalue weighted by Gasteiger charge is -2.13. The van der Waals surface area contributed by atoms with Crippen LogP contribution in [-0.2, 0) is 16.0 Å². The number of hydrogen-bond acceptors (Lipinski definition) is 3. The van der Waals surface area contributed by atoms with E-state index in [2.05, 4.69) is 46.8 Å². The van der Waals surface area contributed by atoms with Crippen molar-refractivity contribution >= 4 is 5.96 Å². The summed E-state index contributed by atoms with van der Waals surface area (Å²) in [4.78, 5) is 4.25. The Kier molecular flexibility index (Phi) is 7.90. The average Bonchev–Trinajstić information content (AvgIpc) is 3.08. The highest BCUT2D eigenvalue weighted by Crippen LogP contribution is 2.11.